The molecule has 0 amide bonds. The molecule has 3 nitrogen and oxygen atoms in total. The number of rotatable bonds is 2. The Morgan fingerprint density at radius 1 is 1.14 bits per heavy atom. The zero-order valence-electron chi connectivity index (χ0n) is 13.7. The Hall–Kier alpha value is -1.13. The Morgan fingerprint density at radius 2 is 1.77 bits per heavy atom. The van der Waals surface area contributed by atoms with Gasteiger partial charge in [-0.05, 0) is 62.7 Å². The molecule has 1 aliphatic heterocycles. The van der Waals surface area contributed by atoms with E-state index in [0.717, 1.165) is 12.0 Å². The molecule has 1 aromatic rings. The Morgan fingerprint density at radius 3 is 2.36 bits per heavy atom. The monoisotopic (exact) mass is 317 g/mol. The minimum Gasteiger partial charge on any atom is -0.207 e. The topological polar surface area (TPSA) is 37.4 Å². The van der Waals surface area contributed by atoms with Crippen LogP contribution >= 0.6 is 0 Å². The van der Waals surface area contributed by atoms with Gasteiger partial charge >= 0.3 is 0 Å². The summed E-state index contributed by atoms with van der Waals surface area (Å²) in [7, 11) is -3.44. The van der Waals surface area contributed by atoms with Gasteiger partial charge in [0.2, 0.25) is 10.0 Å². The van der Waals surface area contributed by atoms with Gasteiger partial charge in [-0.25, -0.2) is 8.42 Å². The van der Waals surface area contributed by atoms with Gasteiger partial charge in [-0.15, -0.1) is 0 Å². The van der Waals surface area contributed by atoms with Crippen LogP contribution in [0.1, 0.15) is 39.2 Å². The highest BCUT2D eigenvalue weighted by atomic mass is 32.2. The van der Waals surface area contributed by atoms with Crippen molar-refractivity contribution in [1.82, 2.24) is 4.31 Å². The lowest BCUT2D eigenvalue weighted by molar-refractivity contribution is 0.294. The van der Waals surface area contributed by atoms with Crippen molar-refractivity contribution in [3.05, 3.63) is 41.0 Å². The van der Waals surface area contributed by atoms with Crippen LogP contribution in [0.15, 0.2) is 40.3 Å². The Labute approximate surface area is 133 Å². The predicted octanol–water partition coefficient (Wildman–Crippen LogP) is 3.50. The summed E-state index contributed by atoms with van der Waals surface area (Å²) in [6, 6.07) is 7.20. The Bertz CT molecular complexity index is 789. The molecule has 2 aliphatic carbocycles. The summed E-state index contributed by atoms with van der Waals surface area (Å²) in [4.78, 5) is 0.408. The van der Waals surface area contributed by atoms with Crippen molar-refractivity contribution < 1.29 is 8.42 Å². The van der Waals surface area contributed by atoms with Gasteiger partial charge in [-0.1, -0.05) is 30.2 Å². The number of benzene rings is 1. The molecule has 2 atom stereocenters. The van der Waals surface area contributed by atoms with E-state index in [2.05, 4.69) is 20.8 Å². The van der Waals surface area contributed by atoms with Gasteiger partial charge in [0.25, 0.3) is 0 Å². The van der Waals surface area contributed by atoms with Crippen LogP contribution in [0.25, 0.3) is 0 Å². The van der Waals surface area contributed by atoms with Crippen LogP contribution in [0, 0.1) is 18.3 Å². The second-order valence-electron chi connectivity index (χ2n) is 7.99. The van der Waals surface area contributed by atoms with E-state index >= 15 is 0 Å². The van der Waals surface area contributed by atoms with Gasteiger partial charge in [-0.2, -0.15) is 4.31 Å². The smallest absolute Gasteiger partial charge is 0.207 e. The summed E-state index contributed by atoms with van der Waals surface area (Å²) < 4.78 is 27.9. The van der Waals surface area contributed by atoms with E-state index < -0.39 is 15.6 Å². The van der Waals surface area contributed by atoms with Crippen molar-refractivity contribution in [1.29, 1.82) is 0 Å². The zero-order valence-corrected chi connectivity index (χ0v) is 14.5. The first-order valence-electron chi connectivity index (χ1n) is 7.98. The second-order valence-corrected chi connectivity index (χ2v) is 9.85. The minimum atomic E-state index is -3.44. The van der Waals surface area contributed by atoms with E-state index in [1.807, 2.05) is 19.1 Å². The van der Waals surface area contributed by atoms with Crippen LogP contribution in [0.2, 0.25) is 0 Å². The number of hydrogen-bond donors (Lipinski definition) is 0. The molecule has 0 aromatic heterocycles. The molecule has 1 aromatic carbocycles. The predicted molar refractivity (Wildman–Crippen MR) is 87.0 cm³/mol. The number of fused-ring (bicyclic) bond motifs is 2. The molecule has 22 heavy (non-hydrogen) atoms. The van der Waals surface area contributed by atoms with Gasteiger partial charge < -0.3 is 0 Å². The molecule has 0 saturated heterocycles. The standard InChI is InChI=1S/C18H23NO2S/c1-12-5-7-14(8-6-12)22(20,21)19-11-13-9-18(4)10-15(18)16(13)17(19,2)3/h5-8,15H,9-11H2,1-4H3. The second kappa shape index (κ2) is 4.04. The van der Waals surface area contributed by atoms with E-state index in [4.69, 9.17) is 0 Å². The van der Waals surface area contributed by atoms with Crippen LogP contribution < -0.4 is 0 Å². The number of aryl methyl sites for hydroxylation is 1. The lowest BCUT2D eigenvalue weighted by Gasteiger charge is -2.34. The first kappa shape index (κ1) is 14.5. The normalized spacial score (nSPS) is 33.0. The average Bonchev–Trinajstić information content (AvgIpc) is 2.84. The largest absolute Gasteiger partial charge is 0.244 e. The average molecular weight is 317 g/mol. The zero-order chi connectivity index (χ0) is 15.9. The molecule has 0 radical (unpaired) electrons. The number of hydrogen-bond acceptors (Lipinski definition) is 2. The van der Waals surface area contributed by atoms with Gasteiger partial charge in [0.05, 0.1) is 10.4 Å². The lowest BCUT2D eigenvalue weighted by Crippen LogP contribution is -2.45. The van der Waals surface area contributed by atoms with Gasteiger partial charge in [0, 0.05) is 6.54 Å². The summed E-state index contributed by atoms with van der Waals surface area (Å²) in [5, 5.41) is 0. The SMILES string of the molecule is Cc1ccc(S(=O)(=O)N2CC3=C(C4CC4(C)C3)C2(C)C)cc1. The fourth-order valence-corrected chi connectivity index (χ4v) is 6.37. The van der Waals surface area contributed by atoms with E-state index in [-0.39, 0.29) is 0 Å². The van der Waals surface area contributed by atoms with Crippen LogP contribution in [-0.2, 0) is 10.0 Å². The fourth-order valence-electron chi connectivity index (χ4n) is 4.61. The number of sulfonamides is 1. The molecule has 3 aliphatic rings. The summed E-state index contributed by atoms with van der Waals surface area (Å²) in [6.07, 6.45) is 2.31. The van der Waals surface area contributed by atoms with Crippen LogP contribution in [-0.4, -0.2) is 24.8 Å². The quantitative estimate of drug-likeness (QED) is 0.783. The first-order valence-corrected chi connectivity index (χ1v) is 9.42. The highest BCUT2D eigenvalue weighted by molar-refractivity contribution is 7.89. The van der Waals surface area contributed by atoms with Crippen molar-refractivity contribution in [3.8, 4) is 0 Å². The Kier molecular flexibility index (Phi) is 2.65. The molecule has 0 bridgehead atoms. The van der Waals surface area contributed by atoms with E-state index in [0.29, 0.717) is 22.8 Å². The van der Waals surface area contributed by atoms with Crippen molar-refractivity contribution in [2.75, 3.05) is 6.54 Å². The molecular formula is C18H23NO2S. The highest BCUT2D eigenvalue weighted by Gasteiger charge is 2.64. The molecule has 4 heteroatoms. The maximum Gasteiger partial charge on any atom is 0.244 e. The molecular weight excluding hydrogens is 294 g/mol. The van der Waals surface area contributed by atoms with Crippen molar-refractivity contribution in [3.63, 3.8) is 0 Å². The molecule has 118 valence electrons. The van der Waals surface area contributed by atoms with E-state index in [1.54, 1.807) is 16.4 Å². The third-order valence-electron chi connectivity index (χ3n) is 5.92. The minimum absolute atomic E-state index is 0.391. The summed E-state index contributed by atoms with van der Waals surface area (Å²) in [5.74, 6) is 0.607. The van der Waals surface area contributed by atoms with Crippen LogP contribution in [0.5, 0.6) is 0 Å². The van der Waals surface area contributed by atoms with E-state index in [1.165, 1.54) is 17.6 Å². The van der Waals surface area contributed by atoms with Gasteiger partial charge in [0.15, 0.2) is 0 Å². The maximum absolute atomic E-state index is 13.1. The van der Waals surface area contributed by atoms with Gasteiger partial charge in [-0.3, -0.25) is 0 Å². The third-order valence-corrected chi connectivity index (χ3v) is 7.96. The molecule has 2 unspecified atom stereocenters. The Balaban J connectivity index is 1.72. The maximum atomic E-state index is 13.1. The molecule has 0 N–H and O–H groups in total. The van der Waals surface area contributed by atoms with Crippen LogP contribution in [0.3, 0.4) is 0 Å². The van der Waals surface area contributed by atoms with E-state index in [9.17, 15) is 8.42 Å². The van der Waals surface area contributed by atoms with Crippen molar-refractivity contribution in [2.45, 2.75) is 51.0 Å². The molecule has 0 spiro atoms. The molecule has 1 fully saturated rings. The first-order chi connectivity index (χ1) is 10.2. The van der Waals surface area contributed by atoms with Crippen molar-refractivity contribution >= 4 is 10.0 Å². The lowest BCUT2D eigenvalue weighted by atomic mass is 9.92. The summed E-state index contributed by atoms with van der Waals surface area (Å²) in [5.41, 5.74) is 3.90. The third kappa shape index (κ3) is 1.74. The number of nitrogens with zero attached hydrogens (tertiary/aromatic N) is 1. The fraction of sp³-hybridized carbons (Fsp3) is 0.556. The van der Waals surface area contributed by atoms with Crippen LogP contribution in [0.4, 0.5) is 0 Å². The summed E-state index contributed by atoms with van der Waals surface area (Å²) >= 11 is 0. The molecule has 1 heterocycles. The molecule has 1 saturated carbocycles. The molecule has 4 rings (SSSR count). The highest BCUT2D eigenvalue weighted by Crippen LogP contribution is 2.69. The summed E-state index contributed by atoms with van der Waals surface area (Å²) in [6.45, 7) is 9.03. The van der Waals surface area contributed by atoms with Crippen molar-refractivity contribution in [2.24, 2.45) is 11.3 Å². The van der Waals surface area contributed by atoms with Gasteiger partial charge in [0.1, 0.15) is 0 Å².